The summed E-state index contributed by atoms with van der Waals surface area (Å²) < 4.78 is 33.4. The Bertz CT molecular complexity index is 1010. The third kappa shape index (κ3) is 3.91. The Morgan fingerprint density at radius 1 is 1.28 bits per heavy atom. The van der Waals surface area contributed by atoms with Gasteiger partial charge in [-0.1, -0.05) is 6.42 Å². The average molecular weight is 436 g/mol. The van der Waals surface area contributed by atoms with Crippen LogP contribution in [0.3, 0.4) is 0 Å². The van der Waals surface area contributed by atoms with E-state index < -0.39 is 10.0 Å². The van der Waals surface area contributed by atoms with Crippen molar-refractivity contribution in [2.45, 2.75) is 56.4 Å². The number of hydrogen-bond acceptors (Lipinski definition) is 6. The van der Waals surface area contributed by atoms with Gasteiger partial charge in [-0.25, -0.2) is 13.4 Å². The van der Waals surface area contributed by atoms with E-state index >= 15 is 0 Å². The number of fused-ring (bicyclic) bond motifs is 1. The smallest absolute Gasteiger partial charge is 0.257 e. The Labute approximate surface area is 175 Å². The van der Waals surface area contributed by atoms with Gasteiger partial charge in [0.15, 0.2) is 5.13 Å². The van der Waals surface area contributed by atoms with Gasteiger partial charge in [-0.3, -0.25) is 10.1 Å². The predicted molar refractivity (Wildman–Crippen MR) is 112 cm³/mol. The summed E-state index contributed by atoms with van der Waals surface area (Å²) in [6.07, 6.45) is 5.74. The molecule has 0 saturated carbocycles. The second-order valence-corrected chi connectivity index (χ2v) is 10.5. The molecule has 1 aromatic heterocycles. The number of thiazole rings is 1. The number of piperidine rings is 1. The van der Waals surface area contributed by atoms with Crippen molar-refractivity contribution < 1.29 is 17.9 Å². The van der Waals surface area contributed by atoms with Crippen molar-refractivity contribution in [1.82, 2.24) is 9.29 Å². The van der Waals surface area contributed by atoms with E-state index in [0.717, 1.165) is 44.2 Å². The number of sulfonamides is 1. The molecule has 1 atom stereocenters. The van der Waals surface area contributed by atoms with Crippen LogP contribution in [0.25, 0.3) is 0 Å². The van der Waals surface area contributed by atoms with Crippen molar-refractivity contribution in [2.75, 3.05) is 19.0 Å². The zero-order chi connectivity index (χ0) is 20.6. The first-order chi connectivity index (χ1) is 13.9. The molecule has 1 aliphatic heterocycles. The van der Waals surface area contributed by atoms with Crippen LogP contribution in [0.1, 0.15) is 53.5 Å². The van der Waals surface area contributed by atoms with Crippen molar-refractivity contribution >= 4 is 32.4 Å². The molecule has 1 amide bonds. The van der Waals surface area contributed by atoms with Gasteiger partial charge in [0.05, 0.1) is 12.8 Å². The lowest BCUT2D eigenvalue weighted by Crippen LogP contribution is -2.42. The third-order valence-electron chi connectivity index (χ3n) is 5.57. The lowest BCUT2D eigenvalue weighted by molar-refractivity contribution is 0.102. The quantitative estimate of drug-likeness (QED) is 0.777. The van der Waals surface area contributed by atoms with E-state index in [1.54, 1.807) is 6.07 Å². The molecule has 1 aliphatic carbocycles. The highest BCUT2D eigenvalue weighted by Crippen LogP contribution is 2.33. The fraction of sp³-hybridized carbons (Fsp3) is 0.500. The van der Waals surface area contributed by atoms with Crippen LogP contribution >= 0.6 is 11.3 Å². The maximum absolute atomic E-state index is 13.3. The van der Waals surface area contributed by atoms with Crippen molar-refractivity contribution in [1.29, 1.82) is 0 Å². The molecule has 2 aliphatic rings. The predicted octanol–water partition coefficient (Wildman–Crippen LogP) is 3.46. The van der Waals surface area contributed by atoms with E-state index in [2.05, 4.69) is 10.3 Å². The molecule has 9 heteroatoms. The Balaban J connectivity index is 1.62. The van der Waals surface area contributed by atoms with Crippen molar-refractivity contribution in [3.63, 3.8) is 0 Å². The first-order valence-electron chi connectivity index (χ1n) is 9.90. The number of amides is 1. The number of nitrogens with one attached hydrogen (secondary N) is 1. The van der Waals surface area contributed by atoms with E-state index in [0.29, 0.717) is 11.7 Å². The van der Waals surface area contributed by atoms with Gasteiger partial charge in [-0.05, 0) is 57.2 Å². The van der Waals surface area contributed by atoms with Crippen molar-refractivity contribution in [3.8, 4) is 5.75 Å². The van der Waals surface area contributed by atoms with Gasteiger partial charge in [-0.2, -0.15) is 4.31 Å². The number of aromatic nitrogens is 1. The monoisotopic (exact) mass is 435 g/mol. The minimum Gasteiger partial charge on any atom is -0.495 e. The summed E-state index contributed by atoms with van der Waals surface area (Å²) in [6, 6.07) is 4.45. The highest BCUT2D eigenvalue weighted by atomic mass is 32.2. The zero-order valence-electron chi connectivity index (χ0n) is 16.6. The van der Waals surface area contributed by atoms with Crippen LogP contribution < -0.4 is 10.1 Å². The highest BCUT2D eigenvalue weighted by molar-refractivity contribution is 7.89. The van der Waals surface area contributed by atoms with Crippen LogP contribution in [0.4, 0.5) is 5.13 Å². The van der Waals surface area contributed by atoms with Gasteiger partial charge < -0.3 is 4.74 Å². The fourth-order valence-electron chi connectivity index (χ4n) is 3.99. The van der Waals surface area contributed by atoms with Gasteiger partial charge in [0.2, 0.25) is 10.0 Å². The van der Waals surface area contributed by atoms with Crippen LogP contribution in [0.5, 0.6) is 5.75 Å². The van der Waals surface area contributed by atoms with Gasteiger partial charge >= 0.3 is 0 Å². The fourth-order valence-corrected chi connectivity index (χ4v) is 6.92. The summed E-state index contributed by atoms with van der Waals surface area (Å²) in [6.45, 7) is 2.40. The number of ether oxygens (including phenoxy) is 1. The number of anilines is 1. The molecule has 0 radical (unpaired) electrons. The molecular weight excluding hydrogens is 410 g/mol. The SMILES string of the molecule is COc1ccc(C(=O)Nc2nc3c(s2)CCC3)cc1S(=O)(=O)N1CCCCC1C. The second-order valence-electron chi connectivity index (χ2n) is 7.52. The van der Waals surface area contributed by atoms with E-state index in [4.69, 9.17) is 4.74 Å². The maximum atomic E-state index is 13.3. The number of carbonyl (C=O) groups excluding carboxylic acids is 1. The maximum Gasteiger partial charge on any atom is 0.257 e. The molecule has 0 spiro atoms. The first-order valence-corrected chi connectivity index (χ1v) is 12.2. The van der Waals surface area contributed by atoms with E-state index in [9.17, 15) is 13.2 Å². The van der Waals surface area contributed by atoms with Crippen molar-refractivity contribution in [3.05, 3.63) is 34.3 Å². The molecule has 1 aromatic carbocycles. The molecule has 0 bridgehead atoms. The number of rotatable bonds is 5. The molecule has 1 saturated heterocycles. The molecule has 29 heavy (non-hydrogen) atoms. The third-order valence-corrected chi connectivity index (χ3v) is 8.68. The summed E-state index contributed by atoms with van der Waals surface area (Å²) in [5.74, 6) is -0.129. The van der Waals surface area contributed by atoms with Gasteiger partial charge in [0.1, 0.15) is 10.6 Å². The van der Waals surface area contributed by atoms with E-state index in [-0.39, 0.29) is 28.2 Å². The van der Waals surface area contributed by atoms with Gasteiger partial charge in [0.25, 0.3) is 5.91 Å². The Kier molecular flexibility index (Phi) is 5.63. The van der Waals surface area contributed by atoms with Crippen LogP contribution in [0, 0.1) is 0 Å². The highest BCUT2D eigenvalue weighted by Gasteiger charge is 2.33. The molecule has 1 fully saturated rings. The Hall–Kier alpha value is -1.97. The van der Waals surface area contributed by atoms with Crippen LogP contribution in [-0.4, -0.2) is 43.3 Å². The zero-order valence-corrected chi connectivity index (χ0v) is 18.2. The minimum atomic E-state index is -3.76. The molecule has 1 N–H and O–H groups in total. The van der Waals surface area contributed by atoms with Crippen LogP contribution in [0.15, 0.2) is 23.1 Å². The summed E-state index contributed by atoms with van der Waals surface area (Å²) in [5.41, 5.74) is 1.33. The second kappa shape index (κ2) is 8.04. The number of carbonyl (C=O) groups is 1. The normalized spacial score (nSPS) is 19.7. The summed E-state index contributed by atoms with van der Waals surface area (Å²) >= 11 is 1.49. The Morgan fingerprint density at radius 2 is 2.10 bits per heavy atom. The molecule has 1 unspecified atom stereocenters. The molecule has 4 rings (SSSR count). The summed E-state index contributed by atoms with van der Waals surface area (Å²) in [7, 11) is -2.33. The number of aryl methyl sites for hydroxylation is 2. The molecule has 7 nitrogen and oxygen atoms in total. The standard InChI is InChI=1S/C20H25N3O4S2/c1-13-6-3-4-11-23(13)29(25,26)18-12-14(9-10-16(18)27-2)19(24)22-20-21-15-7-5-8-17(15)28-20/h9-10,12-13H,3-8,11H2,1-2H3,(H,21,22,24). The molecule has 2 heterocycles. The summed E-state index contributed by atoms with van der Waals surface area (Å²) in [5, 5.41) is 3.37. The first kappa shape index (κ1) is 20.3. The van der Waals surface area contributed by atoms with E-state index in [1.807, 2.05) is 6.92 Å². The topological polar surface area (TPSA) is 88.6 Å². The number of methoxy groups -OCH3 is 1. The largest absolute Gasteiger partial charge is 0.495 e. The molecule has 2 aromatic rings. The van der Waals surface area contributed by atoms with Crippen LogP contribution in [-0.2, 0) is 22.9 Å². The molecule has 156 valence electrons. The van der Waals surface area contributed by atoms with Crippen molar-refractivity contribution in [2.24, 2.45) is 0 Å². The van der Waals surface area contributed by atoms with Gasteiger partial charge in [-0.15, -0.1) is 11.3 Å². The molecular formula is C20H25N3O4S2. The lowest BCUT2D eigenvalue weighted by Gasteiger charge is -2.32. The number of nitrogens with zero attached hydrogens (tertiary/aromatic N) is 2. The van der Waals surface area contributed by atoms with E-state index in [1.165, 1.54) is 39.8 Å². The number of hydrogen-bond donors (Lipinski definition) is 1. The van der Waals surface area contributed by atoms with Crippen LogP contribution in [0.2, 0.25) is 0 Å². The minimum absolute atomic E-state index is 0.0306. The summed E-state index contributed by atoms with van der Waals surface area (Å²) in [4.78, 5) is 18.5. The van der Waals surface area contributed by atoms with Gasteiger partial charge in [0, 0.05) is 23.0 Å². The number of benzene rings is 1. The Morgan fingerprint density at radius 3 is 2.83 bits per heavy atom. The lowest BCUT2D eigenvalue weighted by atomic mass is 10.1. The average Bonchev–Trinajstić information content (AvgIpc) is 3.29.